The van der Waals surface area contributed by atoms with E-state index in [4.69, 9.17) is 4.74 Å². The zero-order chi connectivity index (χ0) is 18.2. The zero-order valence-corrected chi connectivity index (χ0v) is 12.8. The third-order valence-electron chi connectivity index (χ3n) is 2.85. The van der Waals surface area contributed by atoms with Crippen molar-refractivity contribution < 1.29 is 36.9 Å². The first kappa shape index (κ1) is 19.8. The van der Waals surface area contributed by atoms with Crippen LogP contribution >= 0.6 is 0 Å². The van der Waals surface area contributed by atoms with E-state index in [1.54, 1.807) is 6.92 Å². The van der Waals surface area contributed by atoms with E-state index in [1.165, 1.54) is 18.2 Å². The molecule has 1 atom stereocenters. The van der Waals surface area contributed by atoms with Gasteiger partial charge in [-0.2, -0.15) is 13.2 Å². The fraction of sp³-hybridized carbons (Fsp3) is 0.400. The summed E-state index contributed by atoms with van der Waals surface area (Å²) in [7, 11) is 0. The molecule has 0 fully saturated rings. The smallest absolute Gasteiger partial charge is 0.422 e. The molecule has 1 unspecified atom stereocenters. The van der Waals surface area contributed by atoms with E-state index < -0.39 is 36.7 Å². The largest absolute Gasteiger partial charge is 0.502 e. The van der Waals surface area contributed by atoms with Crippen molar-refractivity contribution in [3.8, 4) is 5.75 Å². The summed E-state index contributed by atoms with van der Waals surface area (Å²) in [5, 5.41) is 11.5. The summed E-state index contributed by atoms with van der Waals surface area (Å²) in [5.41, 5.74) is -3.30. The van der Waals surface area contributed by atoms with Gasteiger partial charge in [-0.05, 0) is 25.1 Å². The van der Waals surface area contributed by atoms with Gasteiger partial charge in [0.05, 0.1) is 19.4 Å². The van der Waals surface area contributed by atoms with Crippen LogP contribution in [0, 0.1) is 5.82 Å². The highest BCUT2D eigenvalue weighted by Gasteiger charge is 2.52. The Morgan fingerprint density at radius 1 is 1.33 bits per heavy atom. The van der Waals surface area contributed by atoms with Gasteiger partial charge in [0.2, 0.25) is 0 Å². The Kier molecular flexibility index (Phi) is 7.02. The summed E-state index contributed by atoms with van der Waals surface area (Å²) in [6.07, 6.45) is -3.93. The van der Waals surface area contributed by atoms with Crippen LogP contribution in [0.1, 0.15) is 6.92 Å². The van der Waals surface area contributed by atoms with Crippen molar-refractivity contribution in [2.45, 2.75) is 18.7 Å². The Morgan fingerprint density at radius 3 is 2.58 bits per heavy atom. The lowest BCUT2D eigenvalue weighted by Gasteiger charge is -2.27. The number of hydrogen-bond acceptors (Lipinski definition) is 4. The number of amides is 1. The summed E-state index contributed by atoms with van der Waals surface area (Å²) in [4.78, 5) is 11.5. The van der Waals surface area contributed by atoms with Gasteiger partial charge in [-0.1, -0.05) is 12.1 Å². The lowest BCUT2D eigenvalue weighted by Crippen LogP contribution is -2.52. The maximum atomic E-state index is 13.3. The topological polar surface area (TPSA) is 67.8 Å². The number of para-hydroxylation sites is 1. The Hall–Kier alpha value is -2.29. The second kappa shape index (κ2) is 8.53. The molecule has 0 aliphatic rings. The summed E-state index contributed by atoms with van der Waals surface area (Å²) in [6.45, 7) is -0.171. The molecule has 1 aromatic rings. The molecule has 1 amide bonds. The SMILES string of the molecule is CCOC=CC(O)(CNC(=O)COc1ccccc1F)C(F)(F)F. The number of alkyl halides is 3. The molecule has 2 N–H and O–H groups in total. The predicted molar refractivity (Wildman–Crippen MR) is 76.7 cm³/mol. The standard InChI is InChI=1S/C15H17F4NO4/c1-2-23-8-7-14(22,15(17,18)19)10-20-13(21)9-24-12-6-4-3-5-11(12)16/h3-8,22H,2,9-10H2,1H3,(H,20,21). The molecule has 0 spiro atoms. The summed E-state index contributed by atoms with van der Waals surface area (Å²) < 4.78 is 61.5. The molecular formula is C15H17F4NO4. The van der Waals surface area contributed by atoms with Crippen molar-refractivity contribution >= 4 is 5.91 Å². The second-order valence-electron chi connectivity index (χ2n) is 4.68. The molecule has 134 valence electrons. The second-order valence-corrected chi connectivity index (χ2v) is 4.68. The number of ether oxygens (including phenoxy) is 2. The Morgan fingerprint density at radius 2 is 2.00 bits per heavy atom. The Labute approximate surface area is 135 Å². The van der Waals surface area contributed by atoms with E-state index in [2.05, 4.69) is 4.74 Å². The van der Waals surface area contributed by atoms with Crippen LogP contribution in [0.4, 0.5) is 17.6 Å². The molecule has 5 nitrogen and oxygen atoms in total. The van der Waals surface area contributed by atoms with Gasteiger partial charge in [0.15, 0.2) is 23.8 Å². The van der Waals surface area contributed by atoms with E-state index in [-0.39, 0.29) is 12.4 Å². The van der Waals surface area contributed by atoms with Crippen LogP contribution in [0.5, 0.6) is 5.75 Å². The van der Waals surface area contributed by atoms with Crippen LogP contribution in [-0.4, -0.2) is 42.5 Å². The predicted octanol–water partition coefficient (Wildman–Crippen LogP) is 2.16. The van der Waals surface area contributed by atoms with Gasteiger partial charge in [-0.25, -0.2) is 4.39 Å². The van der Waals surface area contributed by atoms with Crippen LogP contribution in [-0.2, 0) is 9.53 Å². The molecule has 0 heterocycles. The molecule has 0 aliphatic heterocycles. The van der Waals surface area contributed by atoms with Crippen molar-refractivity contribution in [3.05, 3.63) is 42.4 Å². The maximum Gasteiger partial charge on any atom is 0.422 e. The fourth-order valence-corrected chi connectivity index (χ4v) is 1.50. The number of hydrogen-bond donors (Lipinski definition) is 2. The monoisotopic (exact) mass is 351 g/mol. The first-order chi connectivity index (χ1) is 11.2. The molecule has 0 bridgehead atoms. The van der Waals surface area contributed by atoms with Crippen molar-refractivity contribution in [3.63, 3.8) is 0 Å². The summed E-state index contributed by atoms with van der Waals surface area (Å²) in [5.74, 6) is -1.88. The van der Waals surface area contributed by atoms with Gasteiger partial charge >= 0.3 is 6.18 Å². The number of nitrogens with one attached hydrogen (secondary N) is 1. The highest BCUT2D eigenvalue weighted by Crippen LogP contribution is 2.31. The van der Waals surface area contributed by atoms with Gasteiger partial charge in [0, 0.05) is 0 Å². The van der Waals surface area contributed by atoms with Crippen molar-refractivity contribution in [1.82, 2.24) is 5.32 Å². The molecule has 1 rings (SSSR count). The molecular weight excluding hydrogens is 334 g/mol. The molecule has 24 heavy (non-hydrogen) atoms. The van der Waals surface area contributed by atoms with Crippen LogP contribution in [0.15, 0.2) is 36.6 Å². The van der Waals surface area contributed by atoms with E-state index >= 15 is 0 Å². The van der Waals surface area contributed by atoms with Gasteiger partial charge < -0.3 is 19.9 Å². The normalized spacial score (nSPS) is 14.2. The lowest BCUT2D eigenvalue weighted by atomic mass is 10.0. The summed E-state index contributed by atoms with van der Waals surface area (Å²) >= 11 is 0. The third kappa shape index (κ3) is 5.73. The number of benzene rings is 1. The number of rotatable bonds is 8. The average Bonchev–Trinajstić information content (AvgIpc) is 2.51. The molecule has 0 saturated carbocycles. The van der Waals surface area contributed by atoms with Crippen molar-refractivity contribution in [1.29, 1.82) is 0 Å². The van der Waals surface area contributed by atoms with Gasteiger partial charge in [0.25, 0.3) is 5.91 Å². The third-order valence-corrected chi connectivity index (χ3v) is 2.85. The first-order valence-corrected chi connectivity index (χ1v) is 6.92. The van der Waals surface area contributed by atoms with E-state index in [0.717, 1.165) is 6.07 Å². The molecule has 9 heteroatoms. The number of carbonyl (C=O) groups is 1. The van der Waals surface area contributed by atoms with Crippen molar-refractivity contribution in [2.75, 3.05) is 19.8 Å². The van der Waals surface area contributed by atoms with E-state index in [9.17, 15) is 27.5 Å². The number of carbonyl (C=O) groups excluding carboxylic acids is 1. The molecule has 0 radical (unpaired) electrons. The van der Waals surface area contributed by atoms with Crippen LogP contribution in [0.2, 0.25) is 0 Å². The van der Waals surface area contributed by atoms with Crippen molar-refractivity contribution in [2.24, 2.45) is 0 Å². The van der Waals surface area contributed by atoms with Gasteiger partial charge in [-0.15, -0.1) is 0 Å². The van der Waals surface area contributed by atoms with Gasteiger partial charge in [0.1, 0.15) is 0 Å². The highest BCUT2D eigenvalue weighted by molar-refractivity contribution is 5.77. The zero-order valence-electron chi connectivity index (χ0n) is 12.8. The van der Waals surface area contributed by atoms with E-state index in [1.807, 2.05) is 5.32 Å². The Balaban J connectivity index is 2.60. The van der Waals surface area contributed by atoms with Crippen LogP contribution in [0.3, 0.4) is 0 Å². The Bertz CT molecular complexity index is 577. The highest BCUT2D eigenvalue weighted by atomic mass is 19.4. The molecule has 1 aromatic carbocycles. The lowest BCUT2D eigenvalue weighted by molar-refractivity contribution is -0.237. The average molecular weight is 351 g/mol. The number of aliphatic hydroxyl groups is 1. The van der Waals surface area contributed by atoms with Crippen LogP contribution < -0.4 is 10.1 Å². The number of halogens is 4. The van der Waals surface area contributed by atoms with Crippen LogP contribution in [0.25, 0.3) is 0 Å². The molecule has 0 aromatic heterocycles. The quantitative estimate of drug-likeness (QED) is 0.556. The summed E-state index contributed by atoms with van der Waals surface area (Å²) in [6, 6.07) is 5.25. The maximum absolute atomic E-state index is 13.3. The minimum absolute atomic E-state index is 0.118. The fourth-order valence-electron chi connectivity index (χ4n) is 1.50. The van der Waals surface area contributed by atoms with Gasteiger partial charge in [-0.3, -0.25) is 4.79 Å². The minimum atomic E-state index is -5.03. The molecule has 0 saturated heterocycles. The molecule has 0 aliphatic carbocycles. The van der Waals surface area contributed by atoms with E-state index in [0.29, 0.717) is 12.3 Å². The first-order valence-electron chi connectivity index (χ1n) is 6.92. The minimum Gasteiger partial charge on any atom is -0.502 e.